The zero-order chi connectivity index (χ0) is 13.9. The zero-order valence-electron chi connectivity index (χ0n) is 11.2. The predicted molar refractivity (Wildman–Crippen MR) is 73.9 cm³/mol. The van der Waals surface area contributed by atoms with E-state index in [2.05, 4.69) is 9.71 Å². The van der Waals surface area contributed by atoms with Gasteiger partial charge in [0.1, 0.15) is 0 Å². The van der Waals surface area contributed by atoms with Gasteiger partial charge in [0.15, 0.2) is 5.03 Å². The van der Waals surface area contributed by atoms with Crippen molar-refractivity contribution in [3.8, 4) is 0 Å². The Morgan fingerprint density at radius 3 is 2.53 bits per heavy atom. The lowest BCUT2D eigenvalue weighted by Crippen LogP contribution is -2.47. The van der Waals surface area contributed by atoms with Gasteiger partial charge in [-0.2, -0.15) is 0 Å². The smallest absolute Gasteiger partial charge is 0.258 e. The molecule has 1 aliphatic rings. The molecule has 0 aliphatic heterocycles. The third kappa shape index (κ3) is 3.52. The van der Waals surface area contributed by atoms with Crippen molar-refractivity contribution in [2.45, 2.75) is 56.1 Å². The summed E-state index contributed by atoms with van der Waals surface area (Å²) in [6, 6.07) is 3.21. The third-order valence-electron chi connectivity index (χ3n) is 3.65. The average molecular weight is 283 g/mol. The molecule has 0 spiro atoms. The Bertz CT molecular complexity index is 519. The second-order valence-electron chi connectivity index (χ2n) is 5.44. The molecule has 0 radical (unpaired) electrons. The van der Waals surface area contributed by atoms with Gasteiger partial charge in [-0.25, -0.2) is 18.1 Å². The highest BCUT2D eigenvalue weighted by Crippen LogP contribution is 2.29. The normalized spacial score (nSPS) is 19.3. The first-order valence-electron chi connectivity index (χ1n) is 6.64. The number of pyridine rings is 1. The SMILES string of the molecule is CC1(NS(=O)(=O)c2ccc(CN)cn2)CCCCC1. The molecule has 0 saturated heterocycles. The van der Waals surface area contributed by atoms with E-state index in [4.69, 9.17) is 5.73 Å². The maximum absolute atomic E-state index is 12.3. The minimum Gasteiger partial charge on any atom is -0.326 e. The van der Waals surface area contributed by atoms with Gasteiger partial charge in [0.05, 0.1) is 0 Å². The number of nitrogens with two attached hydrogens (primary N) is 1. The topological polar surface area (TPSA) is 85.1 Å². The first-order valence-corrected chi connectivity index (χ1v) is 8.12. The van der Waals surface area contributed by atoms with E-state index in [9.17, 15) is 8.42 Å². The van der Waals surface area contributed by atoms with Crippen molar-refractivity contribution >= 4 is 10.0 Å². The molecular formula is C13H21N3O2S. The molecule has 19 heavy (non-hydrogen) atoms. The fourth-order valence-electron chi connectivity index (χ4n) is 2.50. The van der Waals surface area contributed by atoms with Crippen LogP contribution in [0.15, 0.2) is 23.4 Å². The molecule has 0 unspecified atom stereocenters. The van der Waals surface area contributed by atoms with Gasteiger partial charge in [-0.3, -0.25) is 0 Å². The van der Waals surface area contributed by atoms with Crippen LogP contribution in [0.5, 0.6) is 0 Å². The fraction of sp³-hybridized carbons (Fsp3) is 0.615. The van der Waals surface area contributed by atoms with Gasteiger partial charge in [0.2, 0.25) is 0 Å². The molecule has 1 heterocycles. The first-order chi connectivity index (χ1) is 8.95. The molecule has 1 aliphatic carbocycles. The van der Waals surface area contributed by atoms with Gasteiger partial charge >= 0.3 is 0 Å². The van der Waals surface area contributed by atoms with Crippen LogP contribution in [0, 0.1) is 0 Å². The third-order valence-corrected chi connectivity index (χ3v) is 5.20. The summed E-state index contributed by atoms with van der Waals surface area (Å²) < 4.78 is 27.4. The summed E-state index contributed by atoms with van der Waals surface area (Å²) in [5, 5.41) is 0.0662. The monoisotopic (exact) mass is 283 g/mol. The highest BCUT2D eigenvalue weighted by Gasteiger charge is 2.32. The minimum atomic E-state index is -3.55. The molecule has 0 aromatic carbocycles. The van der Waals surface area contributed by atoms with Crippen LogP contribution >= 0.6 is 0 Å². The van der Waals surface area contributed by atoms with Gasteiger partial charge in [-0.15, -0.1) is 0 Å². The average Bonchev–Trinajstić information content (AvgIpc) is 2.38. The van der Waals surface area contributed by atoms with Crippen molar-refractivity contribution in [2.75, 3.05) is 0 Å². The maximum atomic E-state index is 12.3. The molecule has 0 atom stereocenters. The van der Waals surface area contributed by atoms with Crippen LogP contribution in [-0.4, -0.2) is 18.9 Å². The second-order valence-corrected chi connectivity index (χ2v) is 7.06. The Morgan fingerprint density at radius 2 is 2.00 bits per heavy atom. The largest absolute Gasteiger partial charge is 0.326 e. The van der Waals surface area contributed by atoms with Crippen molar-refractivity contribution < 1.29 is 8.42 Å². The number of nitrogens with zero attached hydrogens (tertiary/aromatic N) is 1. The molecule has 1 aromatic heterocycles. The Labute approximate surface area is 114 Å². The molecule has 1 fully saturated rings. The fourth-order valence-corrected chi connectivity index (χ4v) is 3.90. The summed E-state index contributed by atoms with van der Waals surface area (Å²) in [6.45, 7) is 2.33. The quantitative estimate of drug-likeness (QED) is 0.877. The van der Waals surface area contributed by atoms with E-state index in [1.807, 2.05) is 6.92 Å². The lowest BCUT2D eigenvalue weighted by Gasteiger charge is -2.33. The number of aromatic nitrogens is 1. The van der Waals surface area contributed by atoms with E-state index in [0.717, 1.165) is 31.2 Å². The van der Waals surface area contributed by atoms with Gasteiger partial charge < -0.3 is 5.73 Å². The molecular weight excluding hydrogens is 262 g/mol. The molecule has 5 nitrogen and oxygen atoms in total. The van der Waals surface area contributed by atoms with Gasteiger partial charge in [-0.1, -0.05) is 25.3 Å². The van der Waals surface area contributed by atoms with Crippen LogP contribution in [0.3, 0.4) is 0 Å². The van der Waals surface area contributed by atoms with Gasteiger partial charge in [-0.05, 0) is 31.4 Å². The van der Waals surface area contributed by atoms with E-state index in [-0.39, 0.29) is 10.6 Å². The number of rotatable bonds is 4. The summed E-state index contributed by atoms with van der Waals surface area (Å²) in [5.74, 6) is 0. The Kier molecular flexibility index (Phi) is 4.23. The van der Waals surface area contributed by atoms with Crippen molar-refractivity contribution in [1.29, 1.82) is 0 Å². The lowest BCUT2D eigenvalue weighted by molar-refractivity contribution is 0.293. The summed E-state index contributed by atoms with van der Waals surface area (Å²) in [4.78, 5) is 3.99. The van der Waals surface area contributed by atoms with Gasteiger partial charge in [0, 0.05) is 18.3 Å². The Hall–Kier alpha value is -0.980. The lowest BCUT2D eigenvalue weighted by atomic mass is 9.84. The number of hydrogen-bond donors (Lipinski definition) is 2. The summed E-state index contributed by atoms with van der Waals surface area (Å²) in [6.07, 6.45) is 6.59. The van der Waals surface area contributed by atoms with E-state index in [0.29, 0.717) is 6.54 Å². The molecule has 3 N–H and O–H groups in total. The van der Waals surface area contributed by atoms with Crippen molar-refractivity contribution in [3.05, 3.63) is 23.9 Å². The molecule has 2 rings (SSSR count). The molecule has 0 bridgehead atoms. The summed E-state index contributed by atoms with van der Waals surface area (Å²) >= 11 is 0. The van der Waals surface area contributed by atoms with Crippen LogP contribution in [0.2, 0.25) is 0 Å². The number of hydrogen-bond acceptors (Lipinski definition) is 4. The maximum Gasteiger partial charge on any atom is 0.258 e. The van der Waals surface area contributed by atoms with Crippen LogP contribution in [-0.2, 0) is 16.6 Å². The Balaban J connectivity index is 2.17. The molecule has 1 saturated carbocycles. The van der Waals surface area contributed by atoms with Crippen molar-refractivity contribution in [1.82, 2.24) is 9.71 Å². The zero-order valence-corrected chi connectivity index (χ0v) is 12.0. The molecule has 6 heteroatoms. The molecule has 106 valence electrons. The highest BCUT2D eigenvalue weighted by molar-refractivity contribution is 7.89. The van der Waals surface area contributed by atoms with Crippen molar-refractivity contribution in [2.24, 2.45) is 5.73 Å². The van der Waals surface area contributed by atoms with E-state index < -0.39 is 10.0 Å². The van der Waals surface area contributed by atoms with Crippen LogP contribution < -0.4 is 10.5 Å². The van der Waals surface area contributed by atoms with Crippen molar-refractivity contribution in [3.63, 3.8) is 0 Å². The standard InChI is InChI=1S/C13H21N3O2S/c1-13(7-3-2-4-8-13)16-19(17,18)12-6-5-11(9-14)10-15-12/h5-6,10,16H,2-4,7-9,14H2,1H3. The van der Waals surface area contributed by atoms with E-state index >= 15 is 0 Å². The molecule has 1 aromatic rings. The number of nitrogens with one attached hydrogen (secondary N) is 1. The van der Waals surface area contributed by atoms with Crippen LogP contribution in [0.1, 0.15) is 44.6 Å². The van der Waals surface area contributed by atoms with E-state index in [1.165, 1.54) is 18.7 Å². The summed E-state index contributed by atoms with van der Waals surface area (Å²) in [5.41, 5.74) is 5.95. The summed E-state index contributed by atoms with van der Waals surface area (Å²) in [7, 11) is -3.55. The minimum absolute atomic E-state index is 0.0662. The Morgan fingerprint density at radius 1 is 1.32 bits per heavy atom. The predicted octanol–water partition coefficient (Wildman–Crippen LogP) is 1.54. The molecule has 0 amide bonds. The second kappa shape index (κ2) is 5.56. The number of sulfonamides is 1. The van der Waals surface area contributed by atoms with Crippen LogP contribution in [0.4, 0.5) is 0 Å². The highest BCUT2D eigenvalue weighted by atomic mass is 32.2. The van der Waals surface area contributed by atoms with E-state index in [1.54, 1.807) is 6.07 Å². The first kappa shape index (κ1) is 14.4. The van der Waals surface area contributed by atoms with Crippen LogP contribution in [0.25, 0.3) is 0 Å². The van der Waals surface area contributed by atoms with Gasteiger partial charge in [0.25, 0.3) is 10.0 Å².